The average Bonchev–Trinajstić information content (AvgIpc) is 1.89. The maximum Gasteiger partial charge on any atom is 0.0822 e. The fourth-order valence-corrected chi connectivity index (χ4v) is 0.993. The summed E-state index contributed by atoms with van der Waals surface area (Å²) < 4.78 is 0. The van der Waals surface area contributed by atoms with Gasteiger partial charge in [0.2, 0.25) is 0 Å². The molecule has 0 amide bonds. The highest BCUT2D eigenvalue weighted by Crippen LogP contribution is 2.09. The van der Waals surface area contributed by atoms with Gasteiger partial charge in [-0.2, -0.15) is 5.26 Å². The van der Waals surface area contributed by atoms with E-state index in [4.69, 9.17) is 10.4 Å². The fraction of sp³-hybridized carbons (Fsp3) is 0.833. The zero-order valence-corrected chi connectivity index (χ0v) is 5.17. The standard InChI is InChI=1S/C6H10N2O/c7-3-5-1-2-8-4-6(5)9/h5-6,8-9H,1-2,4H2/t5?,6-/m1/s1. The van der Waals surface area contributed by atoms with Crippen LogP contribution in [0.3, 0.4) is 0 Å². The number of aliphatic hydroxyl groups excluding tert-OH is 1. The van der Waals surface area contributed by atoms with Crippen LogP contribution in [0.2, 0.25) is 0 Å². The van der Waals surface area contributed by atoms with Crippen LogP contribution in [0.25, 0.3) is 0 Å². The van der Waals surface area contributed by atoms with Crippen molar-refractivity contribution in [2.45, 2.75) is 12.5 Å². The van der Waals surface area contributed by atoms with E-state index in [0.29, 0.717) is 6.54 Å². The lowest BCUT2D eigenvalue weighted by atomic mass is 9.97. The van der Waals surface area contributed by atoms with Gasteiger partial charge in [-0.25, -0.2) is 0 Å². The number of nitrogens with one attached hydrogen (secondary N) is 1. The first-order valence-corrected chi connectivity index (χ1v) is 3.13. The van der Waals surface area contributed by atoms with E-state index in [1.54, 1.807) is 0 Å². The van der Waals surface area contributed by atoms with Gasteiger partial charge in [0, 0.05) is 6.54 Å². The van der Waals surface area contributed by atoms with Gasteiger partial charge in [-0.3, -0.25) is 0 Å². The lowest BCUT2D eigenvalue weighted by Gasteiger charge is -2.22. The van der Waals surface area contributed by atoms with Gasteiger partial charge in [0.15, 0.2) is 0 Å². The van der Waals surface area contributed by atoms with Crippen LogP contribution < -0.4 is 5.32 Å². The Bertz CT molecular complexity index is 130. The fourth-order valence-electron chi connectivity index (χ4n) is 0.993. The zero-order valence-electron chi connectivity index (χ0n) is 5.17. The first-order chi connectivity index (χ1) is 4.34. The Balaban J connectivity index is 2.41. The first-order valence-electron chi connectivity index (χ1n) is 3.13. The second-order valence-corrected chi connectivity index (χ2v) is 2.30. The van der Waals surface area contributed by atoms with Crippen molar-refractivity contribution in [3.63, 3.8) is 0 Å². The molecule has 0 bridgehead atoms. The largest absolute Gasteiger partial charge is 0.390 e. The zero-order chi connectivity index (χ0) is 6.69. The average molecular weight is 126 g/mol. The minimum atomic E-state index is -0.455. The van der Waals surface area contributed by atoms with Crippen LogP contribution in [-0.4, -0.2) is 24.3 Å². The van der Waals surface area contributed by atoms with E-state index < -0.39 is 6.10 Å². The molecule has 1 saturated heterocycles. The molecule has 3 nitrogen and oxygen atoms in total. The number of β-amino-alcohol motifs (C(OH)–C–C–N with tert-alkyl or cyclic N) is 1. The predicted molar refractivity (Wildman–Crippen MR) is 32.6 cm³/mol. The number of aliphatic hydroxyl groups is 1. The van der Waals surface area contributed by atoms with Crippen molar-refractivity contribution in [3.05, 3.63) is 0 Å². The van der Waals surface area contributed by atoms with Crippen LogP contribution in [0.4, 0.5) is 0 Å². The summed E-state index contributed by atoms with van der Waals surface area (Å²) >= 11 is 0. The third kappa shape index (κ3) is 1.41. The highest BCUT2D eigenvalue weighted by atomic mass is 16.3. The van der Waals surface area contributed by atoms with Crippen molar-refractivity contribution < 1.29 is 5.11 Å². The highest BCUT2D eigenvalue weighted by Gasteiger charge is 2.21. The molecule has 3 heteroatoms. The molecule has 0 aromatic heterocycles. The van der Waals surface area contributed by atoms with Crippen LogP contribution in [0.1, 0.15) is 6.42 Å². The molecule has 2 atom stereocenters. The van der Waals surface area contributed by atoms with Gasteiger partial charge in [-0.15, -0.1) is 0 Å². The van der Waals surface area contributed by atoms with Crippen molar-refractivity contribution in [2.75, 3.05) is 13.1 Å². The first kappa shape index (κ1) is 6.53. The molecule has 1 rings (SSSR count). The summed E-state index contributed by atoms with van der Waals surface area (Å²) in [5, 5.41) is 20.5. The highest BCUT2D eigenvalue weighted by molar-refractivity contribution is 4.92. The number of nitriles is 1. The third-order valence-corrected chi connectivity index (χ3v) is 1.62. The smallest absolute Gasteiger partial charge is 0.0822 e. The normalized spacial score (nSPS) is 35.6. The number of hydrogen-bond donors (Lipinski definition) is 2. The third-order valence-electron chi connectivity index (χ3n) is 1.62. The molecule has 0 aromatic rings. The quantitative estimate of drug-likeness (QED) is 0.459. The Kier molecular flexibility index (Phi) is 2.04. The molecule has 1 unspecified atom stereocenters. The van der Waals surface area contributed by atoms with Crippen LogP contribution >= 0.6 is 0 Å². The van der Waals surface area contributed by atoms with Crippen molar-refractivity contribution in [3.8, 4) is 6.07 Å². The molecule has 0 saturated carbocycles. The van der Waals surface area contributed by atoms with E-state index in [2.05, 4.69) is 11.4 Å². The molecular formula is C6H10N2O. The Hall–Kier alpha value is -0.590. The number of nitrogens with zero attached hydrogens (tertiary/aromatic N) is 1. The monoisotopic (exact) mass is 126 g/mol. The maximum atomic E-state index is 9.08. The van der Waals surface area contributed by atoms with Crippen LogP contribution in [0, 0.1) is 17.2 Å². The van der Waals surface area contributed by atoms with Gasteiger partial charge in [0.05, 0.1) is 18.1 Å². The second-order valence-electron chi connectivity index (χ2n) is 2.30. The SMILES string of the molecule is N#CC1CCNC[C@H]1O. The summed E-state index contributed by atoms with van der Waals surface area (Å²) in [6.07, 6.45) is 0.321. The van der Waals surface area contributed by atoms with Gasteiger partial charge in [-0.1, -0.05) is 0 Å². The summed E-state index contributed by atoms with van der Waals surface area (Å²) in [4.78, 5) is 0. The topological polar surface area (TPSA) is 56.0 Å². The number of hydrogen-bond acceptors (Lipinski definition) is 3. The molecule has 0 aliphatic carbocycles. The van der Waals surface area contributed by atoms with E-state index >= 15 is 0 Å². The maximum absolute atomic E-state index is 9.08. The van der Waals surface area contributed by atoms with E-state index in [1.807, 2.05) is 0 Å². The van der Waals surface area contributed by atoms with E-state index in [0.717, 1.165) is 13.0 Å². The minimum absolute atomic E-state index is 0.147. The second kappa shape index (κ2) is 2.81. The molecule has 1 fully saturated rings. The van der Waals surface area contributed by atoms with Crippen molar-refractivity contribution in [2.24, 2.45) is 5.92 Å². The van der Waals surface area contributed by atoms with Crippen LogP contribution in [-0.2, 0) is 0 Å². The molecule has 2 N–H and O–H groups in total. The molecular weight excluding hydrogens is 116 g/mol. The summed E-state index contributed by atoms with van der Waals surface area (Å²) in [6.45, 7) is 1.42. The molecule has 1 aliphatic rings. The Morgan fingerprint density at radius 3 is 2.89 bits per heavy atom. The summed E-state index contributed by atoms with van der Waals surface area (Å²) in [6, 6.07) is 2.06. The lowest BCUT2D eigenvalue weighted by Crippen LogP contribution is -2.39. The molecule has 0 spiro atoms. The molecule has 0 radical (unpaired) electrons. The number of piperidine rings is 1. The minimum Gasteiger partial charge on any atom is -0.390 e. The van der Waals surface area contributed by atoms with Crippen LogP contribution in [0.15, 0.2) is 0 Å². The molecule has 1 heterocycles. The van der Waals surface area contributed by atoms with Gasteiger partial charge in [0.25, 0.3) is 0 Å². The van der Waals surface area contributed by atoms with E-state index in [1.165, 1.54) is 0 Å². The van der Waals surface area contributed by atoms with Crippen molar-refractivity contribution >= 4 is 0 Å². The Labute approximate surface area is 54.3 Å². The van der Waals surface area contributed by atoms with E-state index in [9.17, 15) is 0 Å². The molecule has 1 aliphatic heterocycles. The Morgan fingerprint density at radius 2 is 2.44 bits per heavy atom. The summed E-state index contributed by atoms with van der Waals surface area (Å²) in [5.74, 6) is -0.147. The van der Waals surface area contributed by atoms with Gasteiger partial charge in [0.1, 0.15) is 0 Å². The lowest BCUT2D eigenvalue weighted by molar-refractivity contribution is 0.108. The van der Waals surface area contributed by atoms with Crippen molar-refractivity contribution in [1.29, 1.82) is 5.26 Å². The van der Waals surface area contributed by atoms with Gasteiger partial charge >= 0.3 is 0 Å². The number of rotatable bonds is 0. The van der Waals surface area contributed by atoms with Crippen molar-refractivity contribution in [1.82, 2.24) is 5.32 Å². The van der Waals surface area contributed by atoms with Gasteiger partial charge in [-0.05, 0) is 13.0 Å². The predicted octanol–water partition coefficient (Wildman–Crippen LogP) is -0.520. The molecule has 9 heavy (non-hydrogen) atoms. The Morgan fingerprint density at radius 1 is 1.67 bits per heavy atom. The molecule has 0 aromatic carbocycles. The summed E-state index contributed by atoms with van der Waals surface area (Å²) in [7, 11) is 0. The molecule has 50 valence electrons. The van der Waals surface area contributed by atoms with Gasteiger partial charge < -0.3 is 10.4 Å². The van der Waals surface area contributed by atoms with E-state index in [-0.39, 0.29) is 5.92 Å². The summed E-state index contributed by atoms with van der Waals surface area (Å²) in [5.41, 5.74) is 0. The van der Waals surface area contributed by atoms with Crippen LogP contribution in [0.5, 0.6) is 0 Å².